The highest BCUT2D eigenvalue weighted by atomic mass is 16.7. The molecule has 0 fully saturated rings. The van der Waals surface area contributed by atoms with E-state index in [-0.39, 0.29) is 13.4 Å². The summed E-state index contributed by atoms with van der Waals surface area (Å²) < 4.78 is 16.1. The van der Waals surface area contributed by atoms with Gasteiger partial charge in [-0.2, -0.15) is 0 Å². The van der Waals surface area contributed by atoms with Gasteiger partial charge in [0.15, 0.2) is 11.5 Å². The fraction of sp³-hybridized carbons (Fsp3) is 0.385. The van der Waals surface area contributed by atoms with Gasteiger partial charge in [-0.3, -0.25) is 0 Å². The molecule has 1 N–H and O–H groups in total. The maximum absolute atomic E-state index is 9.26. The van der Waals surface area contributed by atoms with Crippen LogP contribution in [0, 0.1) is 0 Å². The molecule has 17 heavy (non-hydrogen) atoms. The Morgan fingerprint density at radius 1 is 1.35 bits per heavy atom. The lowest BCUT2D eigenvalue weighted by Crippen LogP contribution is -2.00. The second kappa shape index (κ2) is 5.59. The highest BCUT2D eigenvalue weighted by molar-refractivity contribution is 5.51. The minimum Gasteiger partial charge on any atom is -0.493 e. The van der Waals surface area contributed by atoms with Gasteiger partial charge in [-0.15, -0.1) is 6.58 Å². The van der Waals surface area contributed by atoms with E-state index < -0.39 is 0 Å². The van der Waals surface area contributed by atoms with Gasteiger partial charge in [0.1, 0.15) is 5.75 Å². The van der Waals surface area contributed by atoms with E-state index in [4.69, 9.17) is 14.2 Å². The van der Waals surface area contributed by atoms with E-state index in [1.807, 2.05) is 6.08 Å². The first-order chi connectivity index (χ1) is 8.35. The first-order valence-corrected chi connectivity index (χ1v) is 5.62. The summed E-state index contributed by atoms with van der Waals surface area (Å²) in [5.74, 6) is 1.98. The maximum atomic E-state index is 9.26. The third-order valence-corrected chi connectivity index (χ3v) is 2.54. The van der Waals surface area contributed by atoms with Crippen LogP contribution in [0.4, 0.5) is 0 Å². The molecule has 0 aromatic heterocycles. The number of benzene rings is 1. The Hall–Kier alpha value is -1.68. The van der Waals surface area contributed by atoms with Crippen molar-refractivity contribution in [3.63, 3.8) is 0 Å². The van der Waals surface area contributed by atoms with E-state index in [2.05, 4.69) is 6.58 Å². The lowest BCUT2D eigenvalue weighted by atomic mass is 10.2. The van der Waals surface area contributed by atoms with Crippen molar-refractivity contribution in [1.29, 1.82) is 0 Å². The number of fused-ring (bicyclic) bond motifs is 1. The Labute approximate surface area is 100 Å². The van der Waals surface area contributed by atoms with Crippen LogP contribution < -0.4 is 14.2 Å². The zero-order valence-corrected chi connectivity index (χ0v) is 9.65. The number of aliphatic hydroxyl groups excluding tert-OH is 1. The Kier molecular flexibility index (Phi) is 3.88. The number of hydrogen-bond donors (Lipinski definition) is 1. The van der Waals surface area contributed by atoms with Gasteiger partial charge in [-0.05, 0) is 18.9 Å². The van der Waals surface area contributed by atoms with Gasteiger partial charge in [-0.25, -0.2) is 0 Å². The third kappa shape index (κ3) is 2.71. The molecule has 4 heteroatoms. The number of unbranched alkanes of at least 4 members (excludes halogenated alkanes) is 1. The fourth-order valence-corrected chi connectivity index (χ4v) is 1.63. The second-order valence-corrected chi connectivity index (χ2v) is 3.75. The molecule has 0 spiro atoms. The van der Waals surface area contributed by atoms with Gasteiger partial charge in [0.25, 0.3) is 0 Å². The van der Waals surface area contributed by atoms with Gasteiger partial charge in [0.2, 0.25) is 6.79 Å². The van der Waals surface area contributed by atoms with Gasteiger partial charge in [0.05, 0.1) is 13.2 Å². The standard InChI is InChI=1S/C13H16O4/c1-2-3-4-5-15-11-7-13-12(16-9-17-13)6-10(11)8-14/h2,6-7,14H,1,3-5,8-9H2. The summed E-state index contributed by atoms with van der Waals surface area (Å²) >= 11 is 0. The topological polar surface area (TPSA) is 47.9 Å². The van der Waals surface area contributed by atoms with E-state index >= 15 is 0 Å². The molecule has 0 atom stereocenters. The summed E-state index contributed by atoms with van der Waals surface area (Å²) in [6.07, 6.45) is 3.68. The summed E-state index contributed by atoms with van der Waals surface area (Å²) in [5, 5.41) is 9.26. The molecule has 0 aliphatic carbocycles. The second-order valence-electron chi connectivity index (χ2n) is 3.75. The molecule has 2 rings (SSSR count). The first kappa shape index (κ1) is 11.8. The molecule has 0 radical (unpaired) electrons. The van der Waals surface area contributed by atoms with Crippen LogP contribution in [0.15, 0.2) is 24.8 Å². The van der Waals surface area contributed by atoms with Crippen LogP contribution in [0.1, 0.15) is 18.4 Å². The third-order valence-electron chi connectivity index (χ3n) is 2.54. The lowest BCUT2D eigenvalue weighted by molar-refractivity contribution is 0.173. The number of hydrogen-bond acceptors (Lipinski definition) is 4. The normalized spacial score (nSPS) is 12.5. The fourth-order valence-electron chi connectivity index (χ4n) is 1.63. The van der Waals surface area contributed by atoms with E-state index in [0.717, 1.165) is 12.8 Å². The number of ether oxygens (including phenoxy) is 3. The molecule has 0 unspecified atom stereocenters. The Balaban J connectivity index is 2.06. The van der Waals surface area contributed by atoms with Crippen molar-refractivity contribution >= 4 is 0 Å². The lowest BCUT2D eigenvalue weighted by Gasteiger charge is -2.10. The Morgan fingerprint density at radius 3 is 2.82 bits per heavy atom. The summed E-state index contributed by atoms with van der Waals surface area (Å²) in [4.78, 5) is 0. The average Bonchev–Trinajstić information content (AvgIpc) is 2.80. The average molecular weight is 236 g/mol. The minimum atomic E-state index is -0.0760. The molecular weight excluding hydrogens is 220 g/mol. The number of aliphatic hydroxyl groups is 1. The molecule has 0 amide bonds. The summed E-state index contributed by atoms with van der Waals surface area (Å²) in [7, 11) is 0. The van der Waals surface area contributed by atoms with E-state index in [1.54, 1.807) is 12.1 Å². The summed E-state index contributed by atoms with van der Waals surface area (Å²) in [6, 6.07) is 3.52. The highest BCUT2D eigenvalue weighted by Gasteiger charge is 2.17. The van der Waals surface area contributed by atoms with Crippen LogP contribution in [0.25, 0.3) is 0 Å². The Bertz CT molecular complexity index is 401. The zero-order valence-electron chi connectivity index (χ0n) is 9.65. The predicted molar refractivity (Wildman–Crippen MR) is 63.4 cm³/mol. The first-order valence-electron chi connectivity index (χ1n) is 5.62. The van der Waals surface area contributed by atoms with Gasteiger partial charge in [-0.1, -0.05) is 6.08 Å². The smallest absolute Gasteiger partial charge is 0.231 e. The SMILES string of the molecule is C=CCCCOc1cc2c(cc1CO)OCO2. The van der Waals surface area contributed by atoms with Gasteiger partial charge in [0, 0.05) is 11.6 Å². The molecule has 1 heterocycles. The van der Waals surface area contributed by atoms with Crippen LogP contribution in [0.3, 0.4) is 0 Å². The molecule has 1 aromatic rings. The van der Waals surface area contributed by atoms with Crippen LogP contribution in [0.5, 0.6) is 17.2 Å². The van der Waals surface area contributed by atoms with Crippen molar-refractivity contribution in [2.45, 2.75) is 19.4 Å². The molecule has 0 saturated heterocycles. The van der Waals surface area contributed by atoms with Crippen LogP contribution in [-0.2, 0) is 6.61 Å². The van der Waals surface area contributed by atoms with Crippen molar-refractivity contribution in [3.05, 3.63) is 30.4 Å². The Morgan fingerprint density at radius 2 is 2.12 bits per heavy atom. The van der Waals surface area contributed by atoms with E-state index in [9.17, 15) is 5.11 Å². The van der Waals surface area contributed by atoms with Crippen molar-refractivity contribution in [2.24, 2.45) is 0 Å². The van der Waals surface area contributed by atoms with Gasteiger partial charge >= 0.3 is 0 Å². The largest absolute Gasteiger partial charge is 0.493 e. The van der Waals surface area contributed by atoms with E-state index in [1.165, 1.54) is 0 Å². The molecule has 0 saturated carbocycles. The van der Waals surface area contributed by atoms with Crippen molar-refractivity contribution < 1.29 is 19.3 Å². The van der Waals surface area contributed by atoms with E-state index in [0.29, 0.717) is 29.4 Å². The van der Waals surface area contributed by atoms with Crippen molar-refractivity contribution in [2.75, 3.05) is 13.4 Å². The molecule has 4 nitrogen and oxygen atoms in total. The van der Waals surface area contributed by atoms with Crippen LogP contribution in [0.2, 0.25) is 0 Å². The molecule has 0 bridgehead atoms. The summed E-state index contributed by atoms with van der Waals surface area (Å²) in [5.41, 5.74) is 0.716. The van der Waals surface area contributed by atoms with Crippen molar-refractivity contribution in [1.82, 2.24) is 0 Å². The minimum absolute atomic E-state index is 0.0760. The van der Waals surface area contributed by atoms with Crippen molar-refractivity contribution in [3.8, 4) is 17.2 Å². The van der Waals surface area contributed by atoms with Crippen LogP contribution >= 0.6 is 0 Å². The molecule has 1 aromatic carbocycles. The highest BCUT2D eigenvalue weighted by Crippen LogP contribution is 2.38. The maximum Gasteiger partial charge on any atom is 0.231 e. The molecule has 1 aliphatic heterocycles. The number of rotatable bonds is 6. The number of allylic oxidation sites excluding steroid dienone is 1. The monoisotopic (exact) mass is 236 g/mol. The summed E-state index contributed by atoms with van der Waals surface area (Å²) in [6.45, 7) is 4.40. The molecule has 92 valence electrons. The molecular formula is C13H16O4. The quantitative estimate of drug-likeness (QED) is 0.608. The zero-order chi connectivity index (χ0) is 12.1. The molecule has 1 aliphatic rings. The van der Waals surface area contributed by atoms with Crippen LogP contribution in [-0.4, -0.2) is 18.5 Å². The predicted octanol–water partition coefficient (Wildman–Crippen LogP) is 2.25. The van der Waals surface area contributed by atoms with Gasteiger partial charge < -0.3 is 19.3 Å².